The third-order valence-corrected chi connectivity index (χ3v) is 5.23. The van der Waals surface area contributed by atoms with Gasteiger partial charge < -0.3 is 9.64 Å². The van der Waals surface area contributed by atoms with Crippen molar-refractivity contribution in [1.82, 2.24) is 15.1 Å². The molecule has 0 radical (unpaired) electrons. The van der Waals surface area contributed by atoms with E-state index < -0.39 is 0 Å². The van der Waals surface area contributed by atoms with Crippen molar-refractivity contribution >= 4 is 17.9 Å². The van der Waals surface area contributed by atoms with Gasteiger partial charge in [0.25, 0.3) is 0 Å². The number of benzene rings is 2. The van der Waals surface area contributed by atoms with Gasteiger partial charge >= 0.3 is 12.2 Å². The van der Waals surface area contributed by atoms with E-state index in [4.69, 9.17) is 14.3 Å². The molecule has 0 aliphatic carbocycles. The Kier molecular flexibility index (Phi) is 7.19. The highest BCUT2D eigenvalue weighted by Crippen LogP contribution is 2.30. The molecule has 160 valence electrons. The number of amides is 2. The molecule has 1 atom stereocenters. The highest BCUT2D eigenvalue weighted by atomic mass is 16.5. The summed E-state index contributed by atoms with van der Waals surface area (Å²) in [6.45, 7) is 3.42. The van der Waals surface area contributed by atoms with E-state index in [-0.39, 0.29) is 18.2 Å². The molecule has 2 aromatic carbocycles. The molecule has 1 fully saturated rings. The molecule has 8 nitrogen and oxygen atoms in total. The smallest absolute Gasteiger partial charge is 0.373 e. The number of nitrogens with one attached hydrogen (secondary N) is 1. The lowest BCUT2D eigenvalue weighted by Crippen LogP contribution is -2.34. The number of aromatic nitrogens is 2. The third-order valence-electron chi connectivity index (χ3n) is 5.23. The van der Waals surface area contributed by atoms with Crippen LogP contribution in [0.2, 0.25) is 0 Å². The standard InChI is InChI=1S/C22H24N4O2.CO2/c1-3-19-15-25(14-16-5-4-6-21(11-16)28-2)22(27)26(19)20-9-7-17(8-10-20)18-12-23-24-13-18;2-1-3/h4-13,19H,3,14-15H2,1-2H3,(H,23,24);. The zero-order valence-corrected chi connectivity index (χ0v) is 17.4. The molecule has 4 rings (SSSR count). The van der Waals surface area contributed by atoms with Gasteiger partial charge in [0.05, 0.1) is 19.3 Å². The Morgan fingerprint density at radius 1 is 1.16 bits per heavy atom. The Hall–Kier alpha value is -3.90. The van der Waals surface area contributed by atoms with Gasteiger partial charge in [0.1, 0.15) is 5.75 Å². The summed E-state index contributed by atoms with van der Waals surface area (Å²) < 4.78 is 5.30. The molecule has 31 heavy (non-hydrogen) atoms. The van der Waals surface area contributed by atoms with Gasteiger partial charge in [-0.2, -0.15) is 14.7 Å². The van der Waals surface area contributed by atoms with Crippen LogP contribution in [-0.4, -0.2) is 47.0 Å². The van der Waals surface area contributed by atoms with Gasteiger partial charge in [0.15, 0.2) is 0 Å². The van der Waals surface area contributed by atoms with E-state index in [0.717, 1.165) is 41.1 Å². The molecular formula is C23H24N4O4. The summed E-state index contributed by atoms with van der Waals surface area (Å²) in [5, 5.41) is 6.82. The number of hydrogen-bond donors (Lipinski definition) is 1. The molecule has 0 spiro atoms. The highest BCUT2D eigenvalue weighted by Gasteiger charge is 2.37. The van der Waals surface area contributed by atoms with Crippen LogP contribution < -0.4 is 9.64 Å². The van der Waals surface area contributed by atoms with E-state index in [1.807, 2.05) is 64.5 Å². The minimum Gasteiger partial charge on any atom is -0.497 e. The minimum absolute atomic E-state index is 0.0470. The number of aromatic amines is 1. The van der Waals surface area contributed by atoms with E-state index in [0.29, 0.717) is 6.54 Å². The summed E-state index contributed by atoms with van der Waals surface area (Å²) >= 11 is 0. The van der Waals surface area contributed by atoms with Crippen molar-refractivity contribution in [3.63, 3.8) is 0 Å². The maximum Gasteiger partial charge on any atom is 0.373 e. The fourth-order valence-corrected chi connectivity index (χ4v) is 3.70. The number of methoxy groups -OCH3 is 1. The molecule has 2 amide bonds. The average Bonchev–Trinajstić information content (AvgIpc) is 3.43. The lowest BCUT2D eigenvalue weighted by molar-refractivity contribution is -0.191. The number of hydrogen-bond acceptors (Lipinski definition) is 5. The summed E-state index contributed by atoms with van der Waals surface area (Å²) in [6.07, 6.45) is 4.81. The van der Waals surface area contributed by atoms with E-state index in [1.165, 1.54) is 0 Å². The zero-order valence-electron chi connectivity index (χ0n) is 17.4. The van der Waals surface area contributed by atoms with Crippen molar-refractivity contribution < 1.29 is 19.1 Å². The largest absolute Gasteiger partial charge is 0.497 e. The first kappa shape index (κ1) is 21.8. The van der Waals surface area contributed by atoms with Gasteiger partial charge in [-0.3, -0.25) is 10.00 Å². The van der Waals surface area contributed by atoms with Crippen molar-refractivity contribution in [2.75, 3.05) is 18.6 Å². The predicted molar refractivity (Wildman–Crippen MR) is 114 cm³/mol. The molecular weight excluding hydrogens is 396 g/mol. The van der Waals surface area contributed by atoms with Gasteiger partial charge in [-0.1, -0.05) is 31.2 Å². The fraction of sp³-hybridized carbons (Fsp3) is 0.261. The van der Waals surface area contributed by atoms with E-state index in [9.17, 15) is 4.79 Å². The normalized spacial score (nSPS) is 15.3. The average molecular weight is 420 g/mol. The van der Waals surface area contributed by atoms with Crippen molar-refractivity contribution in [1.29, 1.82) is 0 Å². The summed E-state index contributed by atoms with van der Waals surface area (Å²) in [7, 11) is 1.65. The molecule has 1 saturated heterocycles. The van der Waals surface area contributed by atoms with Crippen LogP contribution >= 0.6 is 0 Å². The van der Waals surface area contributed by atoms with Gasteiger partial charge in [-0.25, -0.2) is 4.79 Å². The van der Waals surface area contributed by atoms with E-state index >= 15 is 0 Å². The number of urea groups is 1. The van der Waals surface area contributed by atoms with Crippen molar-refractivity contribution in [3.8, 4) is 16.9 Å². The first-order chi connectivity index (χ1) is 15.1. The van der Waals surface area contributed by atoms with Crippen LogP contribution in [0.25, 0.3) is 11.1 Å². The maximum atomic E-state index is 13.2. The minimum atomic E-state index is 0.0470. The molecule has 1 aliphatic heterocycles. The van der Waals surface area contributed by atoms with E-state index in [1.54, 1.807) is 13.3 Å². The monoisotopic (exact) mass is 420 g/mol. The van der Waals surface area contributed by atoms with Gasteiger partial charge in [-0.15, -0.1) is 0 Å². The maximum absolute atomic E-state index is 13.2. The Morgan fingerprint density at radius 3 is 2.52 bits per heavy atom. The second-order valence-electron chi connectivity index (χ2n) is 7.06. The molecule has 8 heteroatoms. The second-order valence-corrected chi connectivity index (χ2v) is 7.06. The Morgan fingerprint density at radius 2 is 1.90 bits per heavy atom. The van der Waals surface area contributed by atoms with Crippen LogP contribution in [0.3, 0.4) is 0 Å². The van der Waals surface area contributed by atoms with Crippen LogP contribution in [0.5, 0.6) is 5.75 Å². The Labute approximate surface area is 180 Å². The van der Waals surface area contributed by atoms with Crippen LogP contribution in [0.4, 0.5) is 10.5 Å². The van der Waals surface area contributed by atoms with Crippen molar-refractivity contribution in [2.24, 2.45) is 0 Å². The van der Waals surface area contributed by atoms with Gasteiger partial charge in [0, 0.05) is 30.5 Å². The number of carbonyl (C=O) groups excluding carboxylic acids is 3. The number of anilines is 1. The number of ether oxygens (including phenoxy) is 1. The van der Waals surface area contributed by atoms with Crippen molar-refractivity contribution in [3.05, 3.63) is 66.5 Å². The number of nitrogens with zero attached hydrogens (tertiary/aromatic N) is 3. The lowest BCUT2D eigenvalue weighted by Gasteiger charge is -2.22. The third kappa shape index (κ3) is 4.99. The highest BCUT2D eigenvalue weighted by molar-refractivity contribution is 5.95. The Balaban J connectivity index is 0.000000858. The summed E-state index contributed by atoms with van der Waals surface area (Å²) in [6, 6.07) is 16.2. The molecule has 2 heterocycles. The van der Waals surface area contributed by atoms with Crippen LogP contribution in [0.15, 0.2) is 60.9 Å². The molecule has 1 aliphatic rings. The first-order valence-corrected chi connectivity index (χ1v) is 9.90. The lowest BCUT2D eigenvalue weighted by atomic mass is 10.1. The first-order valence-electron chi connectivity index (χ1n) is 9.90. The van der Waals surface area contributed by atoms with E-state index in [2.05, 4.69) is 17.1 Å². The van der Waals surface area contributed by atoms with Gasteiger partial charge in [-0.05, 0) is 41.8 Å². The quantitative estimate of drug-likeness (QED) is 0.656. The SMILES string of the molecule is CCC1CN(Cc2cccc(OC)c2)C(=O)N1c1ccc(-c2cn[nH]c2)cc1.O=C=O. The molecule has 1 unspecified atom stereocenters. The van der Waals surface area contributed by atoms with Crippen LogP contribution in [0, 0.1) is 0 Å². The number of carbonyl (C=O) groups is 1. The van der Waals surface area contributed by atoms with Crippen LogP contribution in [-0.2, 0) is 16.1 Å². The summed E-state index contributed by atoms with van der Waals surface area (Å²) in [5.41, 5.74) is 4.10. The van der Waals surface area contributed by atoms with Crippen LogP contribution in [0.1, 0.15) is 18.9 Å². The molecule has 1 aromatic heterocycles. The summed E-state index contributed by atoms with van der Waals surface area (Å²) in [4.78, 5) is 33.2. The fourth-order valence-electron chi connectivity index (χ4n) is 3.70. The number of rotatable bonds is 6. The molecule has 3 aromatic rings. The topological polar surface area (TPSA) is 95.6 Å². The number of H-pyrrole nitrogens is 1. The molecule has 0 saturated carbocycles. The van der Waals surface area contributed by atoms with Crippen molar-refractivity contribution in [2.45, 2.75) is 25.9 Å². The molecule has 0 bridgehead atoms. The summed E-state index contributed by atoms with van der Waals surface area (Å²) in [5.74, 6) is 0.808. The molecule has 1 N–H and O–H groups in total. The second kappa shape index (κ2) is 10.2. The predicted octanol–water partition coefficient (Wildman–Crippen LogP) is 3.72. The van der Waals surface area contributed by atoms with Gasteiger partial charge in [0.2, 0.25) is 0 Å². The Bertz CT molecular complexity index is 1030. The zero-order chi connectivity index (χ0) is 22.2.